The lowest BCUT2D eigenvalue weighted by Crippen LogP contribution is -2.48. The van der Waals surface area contributed by atoms with Crippen LogP contribution in [-0.2, 0) is 12.0 Å². The highest BCUT2D eigenvalue weighted by Crippen LogP contribution is 2.42. The number of nitrogens with zero attached hydrogens (tertiary/aromatic N) is 2. The van der Waals surface area contributed by atoms with Gasteiger partial charge in [-0.3, -0.25) is 4.98 Å². The topological polar surface area (TPSA) is 54.5 Å². The first-order chi connectivity index (χ1) is 12.1. The molecule has 1 aromatic carbocycles. The zero-order valence-corrected chi connectivity index (χ0v) is 14.9. The first-order valence-corrected chi connectivity index (χ1v) is 8.67. The van der Waals surface area contributed by atoms with E-state index in [1.165, 1.54) is 6.42 Å². The molecule has 0 spiro atoms. The van der Waals surface area contributed by atoms with Crippen LogP contribution in [0.25, 0.3) is 0 Å². The summed E-state index contributed by atoms with van der Waals surface area (Å²) in [6.45, 7) is 1.13. The third-order valence-corrected chi connectivity index (χ3v) is 5.04. The molecule has 3 rings (SSSR count). The minimum absolute atomic E-state index is 0.0117. The van der Waals surface area contributed by atoms with Crippen molar-refractivity contribution in [2.24, 2.45) is 0 Å². The number of nitrogens with one attached hydrogen (secondary N) is 1. The number of benzene rings is 1. The summed E-state index contributed by atoms with van der Waals surface area (Å²) in [7, 11) is 3.45. The molecular weight excluding hydrogens is 314 g/mol. The van der Waals surface area contributed by atoms with E-state index in [1.54, 1.807) is 19.1 Å². The predicted octanol–water partition coefficient (Wildman–Crippen LogP) is 3.35. The Kier molecular flexibility index (Phi) is 5.22. The Morgan fingerprint density at radius 2 is 2.00 bits per heavy atom. The number of para-hydroxylation sites is 1. The van der Waals surface area contributed by atoms with Crippen LogP contribution in [0.15, 0.2) is 48.7 Å². The Bertz CT molecular complexity index is 714. The molecule has 1 aliphatic carbocycles. The molecule has 0 aliphatic heterocycles. The largest absolute Gasteiger partial charge is 0.496 e. The van der Waals surface area contributed by atoms with E-state index in [2.05, 4.69) is 16.4 Å². The molecule has 1 fully saturated rings. The molecule has 0 bridgehead atoms. The number of methoxy groups -OCH3 is 1. The van der Waals surface area contributed by atoms with Crippen LogP contribution in [0.2, 0.25) is 0 Å². The fraction of sp³-hybridized carbons (Fsp3) is 0.400. The average Bonchev–Trinajstić information content (AvgIpc) is 2.62. The van der Waals surface area contributed by atoms with Crippen LogP contribution in [0, 0.1) is 0 Å². The molecule has 1 heterocycles. The van der Waals surface area contributed by atoms with E-state index in [9.17, 15) is 4.79 Å². The average molecular weight is 339 g/mol. The zero-order valence-electron chi connectivity index (χ0n) is 14.9. The van der Waals surface area contributed by atoms with Gasteiger partial charge in [0.25, 0.3) is 0 Å². The highest BCUT2D eigenvalue weighted by atomic mass is 16.5. The molecule has 1 N–H and O–H groups in total. The van der Waals surface area contributed by atoms with Gasteiger partial charge >= 0.3 is 6.03 Å². The molecule has 132 valence electrons. The molecule has 2 aromatic rings. The molecule has 25 heavy (non-hydrogen) atoms. The summed E-state index contributed by atoms with van der Waals surface area (Å²) in [5, 5.41) is 3.09. The zero-order chi connectivity index (χ0) is 17.7. The van der Waals surface area contributed by atoms with Crippen molar-refractivity contribution >= 4 is 6.03 Å². The number of urea groups is 1. The molecule has 1 aromatic heterocycles. The highest BCUT2D eigenvalue weighted by molar-refractivity contribution is 5.74. The Morgan fingerprint density at radius 3 is 2.64 bits per heavy atom. The van der Waals surface area contributed by atoms with E-state index in [-0.39, 0.29) is 11.4 Å². The Morgan fingerprint density at radius 1 is 1.24 bits per heavy atom. The number of amides is 2. The summed E-state index contributed by atoms with van der Waals surface area (Å²) in [5.74, 6) is 0.797. The minimum atomic E-state index is -0.0758. The molecule has 1 aliphatic rings. The van der Waals surface area contributed by atoms with Crippen LogP contribution >= 0.6 is 0 Å². The summed E-state index contributed by atoms with van der Waals surface area (Å²) in [5.41, 5.74) is 2.06. The maximum Gasteiger partial charge on any atom is 0.317 e. The smallest absolute Gasteiger partial charge is 0.317 e. The van der Waals surface area contributed by atoms with Crippen LogP contribution in [0.1, 0.15) is 30.5 Å². The molecular formula is C20H25N3O2. The Hall–Kier alpha value is -2.56. The maximum absolute atomic E-state index is 12.5. The summed E-state index contributed by atoms with van der Waals surface area (Å²) in [6.07, 6.45) is 5.15. The van der Waals surface area contributed by atoms with Crippen molar-refractivity contribution in [2.75, 3.05) is 20.7 Å². The van der Waals surface area contributed by atoms with Gasteiger partial charge in [-0.05, 0) is 31.0 Å². The van der Waals surface area contributed by atoms with Gasteiger partial charge in [-0.2, -0.15) is 0 Å². The fourth-order valence-corrected chi connectivity index (χ4v) is 3.34. The van der Waals surface area contributed by atoms with Crippen molar-refractivity contribution in [3.05, 3.63) is 59.9 Å². The van der Waals surface area contributed by atoms with Crippen molar-refractivity contribution in [1.82, 2.24) is 15.2 Å². The Labute approximate surface area is 149 Å². The van der Waals surface area contributed by atoms with Crippen molar-refractivity contribution in [1.29, 1.82) is 0 Å². The minimum Gasteiger partial charge on any atom is -0.496 e. The molecule has 1 saturated carbocycles. The number of ether oxygens (including phenoxy) is 1. The van der Waals surface area contributed by atoms with Gasteiger partial charge in [-0.1, -0.05) is 30.7 Å². The number of hydrogen-bond donors (Lipinski definition) is 1. The molecule has 0 saturated heterocycles. The molecule has 5 nitrogen and oxygen atoms in total. The second kappa shape index (κ2) is 7.55. The maximum atomic E-state index is 12.5. The van der Waals surface area contributed by atoms with Gasteiger partial charge in [0.1, 0.15) is 5.75 Å². The van der Waals surface area contributed by atoms with Gasteiger partial charge < -0.3 is 15.0 Å². The second-order valence-corrected chi connectivity index (χ2v) is 6.68. The van der Waals surface area contributed by atoms with E-state index >= 15 is 0 Å². The van der Waals surface area contributed by atoms with Crippen LogP contribution in [-0.4, -0.2) is 36.6 Å². The van der Waals surface area contributed by atoms with Crippen LogP contribution in [0.5, 0.6) is 5.75 Å². The van der Waals surface area contributed by atoms with E-state index in [0.29, 0.717) is 13.1 Å². The molecule has 2 amide bonds. The second-order valence-electron chi connectivity index (χ2n) is 6.68. The summed E-state index contributed by atoms with van der Waals surface area (Å²) < 4.78 is 5.36. The van der Waals surface area contributed by atoms with Crippen molar-refractivity contribution in [3.8, 4) is 5.75 Å². The van der Waals surface area contributed by atoms with Gasteiger partial charge in [0.05, 0.1) is 13.7 Å². The number of carbonyl (C=O) groups excluding carboxylic acids is 1. The third kappa shape index (κ3) is 3.76. The SMILES string of the molecule is COc1ccccc1CN(C)C(=O)NCC1(c2ccccn2)CCC1. The monoisotopic (exact) mass is 339 g/mol. The summed E-state index contributed by atoms with van der Waals surface area (Å²) in [4.78, 5) is 18.7. The van der Waals surface area contributed by atoms with Crippen molar-refractivity contribution in [3.63, 3.8) is 0 Å². The fourth-order valence-electron chi connectivity index (χ4n) is 3.34. The van der Waals surface area contributed by atoms with Gasteiger partial charge in [-0.25, -0.2) is 4.79 Å². The van der Waals surface area contributed by atoms with Gasteiger partial charge in [0.2, 0.25) is 0 Å². The lowest BCUT2D eigenvalue weighted by atomic mass is 9.66. The molecule has 0 radical (unpaired) electrons. The predicted molar refractivity (Wildman–Crippen MR) is 97.6 cm³/mol. The van der Waals surface area contributed by atoms with E-state index in [0.717, 1.165) is 29.8 Å². The summed E-state index contributed by atoms with van der Waals surface area (Å²) in [6, 6.07) is 13.7. The van der Waals surface area contributed by atoms with E-state index < -0.39 is 0 Å². The number of carbonyl (C=O) groups is 1. The quantitative estimate of drug-likeness (QED) is 0.878. The van der Waals surface area contributed by atoms with Crippen LogP contribution in [0.3, 0.4) is 0 Å². The highest BCUT2D eigenvalue weighted by Gasteiger charge is 2.40. The van der Waals surface area contributed by atoms with E-state index in [1.807, 2.05) is 42.6 Å². The normalized spacial score (nSPS) is 15.1. The lowest BCUT2D eigenvalue weighted by Gasteiger charge is -2.41. The third-order valence-electron chi connectivity index (χ3n) is 5.04. The van der Waals surface area contributed by atoms with Crippen LogP contribution in [0.4, 0.5) is 4.79 Å². The molecule has 0 atom stereocenters. The van der Waals surface area contributed by atoms with Gasteiger partial charge in [-0.15, -0.1) is 0 Å². The van der Waals surface area contributed by atoms with Crippen molar-refractivity contribution < 1.29 is 9.53 Å². The number of pyridine rings is 1. The number of hydrogen-bond acceptors (Lipinski definition) is 3. The number of aromatic nitrogens is 1. The van der Waals surface area contributed by atoms with Crippen LogP contribution < -0.4 is 10.1 Å². The first kappa shape index (κ1) is 17.3. The number of rotatable bonds is 6. The van der Waals surface area contributed by atoms with Crippen molar-refractivity contribution in [2.45, 2.75) is 31.2 Å². The Balaban J connectivity index is 1.60. The first-order valence-electron chi connectivity index (χ1n) is 8.67. The van der Waals surface area contributed by atoms with E-state index in [4.69, 9.17) is 4.74 Å². The lowest BCUT2D eigenvalue weighted by molar-refractivity contribution is 0.188. The molecule has 0 unspecified atom stereocenters. The van der Waals surface area contributed by atoms with Gasteiger partial charge in [0.15, 0.2) is 0 Å². The summed E-state index contributed by atoms with van der Waals surface area (Å²) >= 11 is 0. The van der Waals surface area contributed by atoms with Gasteiger partial charge in [0, 0.05) is 36.5 Å². The molecule has 5 heteroatoms. The standard InChI is InChI=1S/C20H25N3O2/c1-23(14-16-8-3-4-9-17(16)25-2)19(24)22-15-20(11-7-12-20)18-10-5-6-13-21-18/h3-6,8-10,13H,7,11-12,14-15H2,1-2H3,(H,22,24).